The Bertz CT molecular complexity index is 641. The fraction of sp³-hybridized carbons (Fsp3) is 0.235. The van der Waals surface area contributed by atoms with Crippen molar-refractivity contribution in [2.75, 3.05) is 13.7 Å². The second-order valence-electron chi connectivity index (χ2n) is 4.64. The molecule has 116 valence electrons. The standard InChI is InChI=1S/C17H18ClNO3/c1-3-19-17(20)13-6-9-15(16(10-13)21-2)22-11-12-4-7-14(18)8-5-12/h4-10H,3,11H2,1-2H3,(H,19,20). The number of rotatable bonds is 6. The molecule has 22 heavy (non-hydrogen) atoms. The smallest absolute Gasteiger partial charge is 0.251 e. The zero-order chi connectivity index (χ0) is 15.9. The Kier molecular flexibility index (Phi) is 5.67. The molecular formula is C17H18ClNO3. The predicted molar refractivity (Wildman–Crippen MR) is 86.8 cm³/mol. The Morgan fingerprint density at radius 1 is 1.14 bits per heavy atom. The molecule has 2 rings (SSSR count). The minimum absolute atomic E-state index is 0.134. The van der Waals surface area contributed by atoms with Crippen molar-refractivity contribution >= 4 is 17.5 Å². The first-order valence-electron chi connectivity index (χ1n) is 6.97. The molecule has 1 amide bonds. The van der Waals surface area contributed by atoms with Crippen LogP contribution < -0.4 is 14.8 Å². The van der Waals surface area contributed by atoms with E-state index in [4.69, 9.17) is 21.1 Å². The molecule has 2 aromatic rings. The van der Waals surface area contributed by atoms with Crippen LogP contribution in [-0.2, 0) is 6.61 Å². The third-order valence-corrected chi connectivity index (χ3v) is 3.32. The van der Waals surface area contributed by atoms with Gasteiger partial charge in [-0.3, -0.25) is 4.79 Å². The van der Waals surface area contributed by atoms with Gasteiger partial charge in [0.2, 0.25) is 0 Å². The van der Waals surface area contributed by atoms with E-state index in [1.807, 2.05) is 31.2 Å². The lowest BCUT2D eigenvalue weighted by Crippen LogP contribution is -2.22. The van der Waals surface area contributed by atoms with Gasteiger partial charge in [0.1, 0.15) is 6.61 Å². The molecule has 0 aliphatic carbocycles. The van der Waals surface area contributed by atoms with Gasteiger partial charge in [0, 0.05) is 17.1 Å². The molecule has 0 saturated heterocycles. The number of hydrogen-bond acceptors (Lipinski definition) is 3. The molecule has 0 radical (unpaired) electrons. The van der Waals surface area contributed by atoms with Crippen molar-refractivity contribution in [3.63, 3.8) is 0 Å². The number of nitrogens with one attached hydrogen (secondary N) is 1. The lowest BCUT2D eigenvalue weighted by molar-refractivity contribution is 0.0955. The first kappa shape index (κ1) is 16.2. The van der Waals surface area contributed by atoms with E-state index >= 15 is 0 Å². The molecule has 0 aliphatic rings. The van der Waals surface area contributed by atoms with Crippen LogP contribution in [0.4, 0.5) is 0 Å². The van der Waals surface area contributed by atoms with E-state index < -0.39 is 0 Å². The van der Waals surface area contributed by atoms with Crippen molar-refractivity contribution in [1.29, 1.82) is 0 Å². The van der Waals surface area contributed by atoms with Crippen LogP contribution in [0.1, 0.15) is 22.8 Å². The number of hydrogen-bond donors (Lipinski definition) is 1. The second-order valence-corrected chi connectivity index (χ2v) is 5.08. The number of ether oxygens (including phenoxy) is 2. The lowest BCUT2D eigenvalue weighted by Gasteiger charge is -2.12. The zero-order valence-electron chi connectivity index (χ0n) is 12.6. The molecule has 0 aromatic heterocycles. The highest BCUT2D eigenvalue weighted by Gasteiger charge is 2.10. The summed E-state index contributed by atoms with van der Waals surface area (Å²) in [6.07, 6.45) is 0. The van der Waals surface area contributed by atoms with Crippen LogP contribution in [0.3, 0.4) is 0 Å². The molecule has 0 aliphatic heterocycles. The first-order chi connectivity index (χ1) is 10.6. The van der Waals surface area contributed by atoms with Crippen LogP contribution in [0.2, 0.25) is 5.02 Å². The summed E-state index contributed by atoms with van der Waals surface area (Å²) in [7, 11) is 1.55. The van der Waals surface area contributed by atoms with Crippen LogP contribution in [0, 0.1) is 0 Å². The number of carbonyl (C=O) groups is 1. The van der Waals surface area contributed by atoms with Gasteiger partial charge in [0.15, 0.2) is 11.5 Å². The SMILES string of the molecule is CCNC(=O)c1ccc(OCc2ccc(Cl)cc2)c(OC)c1. The molecule has 4 nitrogen and oxygen atoms in total. The van der Waals surface area contributed by atoms with Crippen LogP contribution in [0.5, 0.6) is 11.5 Å². The summed E-state index contributed by atoms with van der Waals surface area (Å²) >= 11 is 5.85. The Labute approximate surface area is 135 Å². The molecule has 2 aromatic carbocycles. The Balaban J connectivity index is 2.10. The van der Waals surface area contributed by atoms with Crippen molar-refractivity contribution in [2.45, 2.75) is 13.5 Å². The van der Waals surface area contributed by atoms with Gasteiger partial charge in [0.05, 0.1) is 7.11 Å². The average molecular weight is 320 g/mol. The summed E-state index contributed by atoms with van der Waals surface area (Å²) in [5.74, 6) is 0.980. The maximum atomic E-state index is 11.8. The third-order valence-electron chi connectivity index (χ3n) is 3.07. The summed E-state index contributed by atoms with van der Waals surface area (Å²) < 4.78 is 11.0. The van der Waals surface area contributed by atoms with Gasteiger partial charge in [-0.05, 0) is 42.8 Å². The minimum atomic E-state index is -0.134. The van der Waals surface area contributed by atoms with E-state index in [0.29, 0.717) is 35.2 Å². The highest BCUT2D eigenvalue weighted by Crippen LogP contribution is 2.29. The van der Waals surface area contributed by atoms with Gasteiger partial charge < -0.3 is 14.8 Å². The van der Waals surface area contributed by atoms with Crippen molar-refractivity contribution < 1.29 is 14.3 Å². The highest BCUT2D eigenvalue weighted by atomic mass is 35.5. The summed E-state index contributed by atoms with van der Waals surface area (Å²) in [6.45, 7) is 2.85. The van der Waals surface area contributed by atoms with Crippen LogP contribution >= 0.6 is 11.6 Å². The van der Waals surface area contributed by atoms with Gasteiger partial charge in [-0.1, -0.05) is 23.7 Å². The number of amides is 1. The van der Waals surface area contributed by atoms with E-state index in [9.17, 15) is 4.79 Å². The number of methoxy groups -OCH3 is 1. The lowest BCUT2D eigenvalue weighted by atomic mass is 10.2. The first-order valence-corrected chi connectivity index (χ1v) is 7.35. The van der Waals surface area contributed by atoms with E-state index in [2.05, 4.69) is 5.32 Å². The van der Waals surface area contributed by atoms with Crippen molar-refractivity contribution in [3.8, 4) is 11.5 Å². The minimum Gasteiger partial charge on any atom is -0.493 e. The van der Waals surface area contributed by atoms with Gasteiger partial charge in [-0.15, -0.1) is 0 Å². The third kappa shape index (κ3) is 4.15. The Hall–Kier alpha value is -2.20. The summed E-state index contributed by atoms with van der Waals surface area (Å²) in [4.78, 5) is 11.8. The Morgan fingerprint density at radius 3 is 2.50 bits per heavy atom. The predicted octanol–water partition coefficient (Wildman–Crippen LogP) is 3.68. The number of carbonyl (C=O) groups excluding carboxylic acids is 1. The van der Waals surface area contributed by atoms with E-state index in [0.717, 1.165) is 5.56 Å². The van der Waals surface area contributed by atoms with E-state index in [1.54, 1.807) is 25.3 Å². The van der Waals surface area contributed by atoms with Gasteiger partial charge in [-0.2, -0.15) is 0 Å². The maximum Gasteiger partial charge on any atom is 0.251 e. The molecule has 5 heteroatoms. The molecule has 0 heterocycles. The van der Waals surface area contributed by atoms with Crippen molar-refractivity contribution in [1.82, 2.24) is 5.32 Å². The highest BCUT2D eigenvalue weighted by molar-refractivity contribution is 6.30. The molecule has 1 N–H and O–H groups in total. The summed E-state index contributed by atoms with van der Waals surface area (Å²) in [5, 5.41) is 3.44. The average Bonchev–Trinajstić information content (AvgIpc) is 2.54. The van der Waals surface area contributed by atoms with Crippen molar-refractivity contribution in [3.05, 3.63) is 58.6 Å². The fourth-order valence-electron chi connectivity index (χ4n) is 1.93. The van der Waals surface area contributed by atoms with Crippen LogP contribution in [-0.4, -0.2) is 19.6 Å². The van der Waals surface area contributed by atoms with Crippen molar-refractivity contribution in [2.24, 2.45) is 0 Å². The molecule has 0 bridgehead atoms. The van der Waals surface area contributed by atoms with Crippen LogP contribution in [0.25, 0.3) is 0 Å². The second kappa shape index (κ2) is 7.71. The topological polar surface area (TPSA) is 47.6 Å². The van der Waals surface area contributed by atoms with Crippen LogP contribution in [0.15, 0.2) is 42.5 Å². The molecule has 0 spiro atoms. The van der Waals surface area contributed by atoms with Gasteiger partial charge in [0.25, 0.3) is 5.91 Å². The van der Waals surface area contributed by atoms with Gasteiger partial charge >= 0.3 is 0 Å². The zero-order valence-corrected chi connectivity index (χ0v) is 13.3. The summed E-state index contributed by atoms with van der Waals surface area (Å²) in [6, 6.07) is 12.5. The molecule has 0 fully saturated rings. The number of benzene rings is 2. The molecule has 0 unspecified atom stereocenters. The fourth-order valence-corrected chi connectivity index (χ4v) is 2.06. The molecule has 0 saturated carbocycles. The molecular weight excluding hydrogens is 302 g/mol. The quantitative estimate of drug-likeness (QED) is 0.883. The molecule has 0 atom stereocenters. The van der Waals surface area contributed by atoms with E-state index in [1.165, 1.54) is 0 Å². The monoisotopic (exact) mass is 319 g/mol. The summed E-state index contributed by atoms with van der Waals surface area (Å²) in [5.41, 5.74) is 1.54. The number of halogens is 1. The largest absolute Gasteiger partial charge is 0.493 e. The van der Waals surface area contributed by atoms with E-state index in [-0.39, 0.29) is 5.91 Å². The van der Waals surface area contributed by atoms with Gasteiger partial charge in [-0.25, -0.2) is 0 Å². The Morgan fingerprint density at radius 2 is 1.86 bits per heavy atom. The maximum absolute atomic E-state index is 11.8. The normalized spacial score (nSPS) is 10.1.